The lowest BCUT2D eigenvalue weighted by Gasteiger charge is -2.15. The van der Waals surface area contributed by atoms with Crippen LogP contribution >= 0.6 is 31.9 Å². The summed E-state index contributed by atoms with van der Waals surface area (Å²) in [7, 11) is 0. The molecule has 0 N–H and O–H groups in total. The number of halogens is 2. The number of rotatable bonds is 18. The highest BCUT2D eigenvalue weighted by Gasteiger charge is 2.10. The van der Waals surface area contributed by atoms with Crippen molar-refractivity contribution >= 4 is 44.0 Å². The van der Waals surface area contributed by atoms with Crippen molar-refractivity contribution in [2.75, 3.05) is 13.2 Å². The number of benzene rings is 2. The van der Waals surface area contributed by atoms with Crippen molar-refractivity contribution < 1.29 is 9.47 Å². The molecule has 0 aromatic heterocycles. The first-order valence-electron chi connectivity index (χ1n) is 14.7. The lowest BCUT2D eigenvalue weighted by Crippen LogP contribution is -2.05. The van der Waals surface area contributed by atoms with E-state index in [1.165, 1.54) is 38.5 Å². The molecule has 0 amide bonds. The molecule has 0 heterocycles. The van der Waals surface area contributed by atoms with Gasteiger partial charge in [-0.3, -0.25) is 0 Å². The summed E-state index contributed by atoms with van der Waals surface area (Å²) in [5.74, 6) is 4.77. The molecule has 2 aromatic rings. The zero-order valence-corrected chi connectivity index (χ0v) is 27.7. The molecule has 0 aliphatic carbocycles. The second-order valence-corrected chi connectivity index (χ2v) is 13.4. The summed E-state index contributed by atoms with van der Waals surface area (Å²) in [5, 5.41) is 0. The second kappa shape index (κ2) is 18.2. The van der Waals surface area contributed by atoms with E-state index in [-0.39, 0.29) is 0 Å². The Bertz CT molecular complexity index is 889. The molecule has 4 heteroatoms. The van der Waals surface area contributed by atoms with Crippen molar-refractivity contribution in [2.45, 2.75) is 92.9 Å². The largest absolute Gasteiger partial charge is 0.492 e. The van der Waals surface area contributed by atoms with Crippen LogP contribution in [0.4, 0.5) is 0 Å². The van der Waals surface area contributed by atoms with Crippen LogP contribution < -0.4 is 9.47 Å². The van der Waals surface area contributed by atoms with Crippen molar-refractivity contribution in [3.8, 4) is 11.5 Å². The highest BCUT2D eigenvalue weighted by molar-refractivity contribution is 9.11. The van der Waals surface area contributed by atoms with E-state index in [0.717, 1.165) is 69.5 Å². The highest BCUT2D eigenvalue weighted by Crippen LogP contribution is 2.33. The molecular weight excluding hydrogens is 600 g/mol. The van der Waals surface area contributed by atoms with Crippen molar-refractivity contribution in [2.24, 2.45) is 23.7 Å². The first kappa shape index (κ1) is 32.9. The zero-order valence-electron chi connectivity index (χ0n) is 24.6. The van der Waals surface area contributed by atoms with Gasteiger partial charge in [0.05, 0.1) is 22.2 Å². The van der Waals surface area contributed by atoms with Gasteiger partial charge in [-0.2, -0.15) is 0 Å². The molecule has 0 radical (unpaired) electrons. The average Bonchev–Trinajstić information content (AvgIpc) is 2.85. The van der Waals surface area contributed by atoms with E-state index in [1.807, 2.05) is 12.1 Å². The fourth-order valence-corrected chi connectivity index (χ4v) is 5.52. The van der Waals surface area contributed by atoms with Gasteiger partial charge in [-0.05, 0) is 91.6 Å². The normalized spacial score (nSPS) is 13.4. The van der Waals surface area contributed by atoms with Crippen LogP contribution in [0.15, 0.2) is 45.3 Å². The molecule has 0 bridgehead atoms. The van der Waals surface area contributed by atoms with Gasteiger partial charge in [-0.25, -0.2) is 0 Å². The van der Waals surface area contributed by atoms with E-state index >= 15 is 0 Å². The van der Waals surface area contributed by atoms with Crippen molar-refractivity contribution in [3.05, 3.63) is 56.5 Å². The smallest absolute Gasteiger partial charge is 0.134 e. The van der Waals surface area contributed by atoms with E-state index in [9.17, 15) is 0 Å². The van der Waals surface area contributed by atoms with Crippen LogP contribution in [0.25, 0.3) is 12.2 Å². The van der Waals surface area contributed by atoms with E-state index in [1.54, 1.807) is 0 Å². The van der Waals surface area contributed by atoms with Gasteiger partial charge in [0.1, 0.15) is 11.5 Å². The zero-order chi connectivity index (χ0) is 27.9. The van der Waals surface area contributed by atoms with Gasteiger partial charge < -0.3 is 9.47 Å². The van der Waals surface area contributed by atoms with E-state index in [0.29, 0.717) is 11.8 Å². The quantitative estimate of drug-likeness (QED) is 0.150. The molecular formula is C34H50Br2O2. The standard InChI is InChI=1S/C34H50Br2O2/c1-25(2)11-7-13-27(5)21-23-37-31-17-9-15-29(33(31)35)19-20-30-16-10-18-32(34(30)36)38-24-22-28(6)14-8-12-26(3)4/h9-10,15-20,25-28H,7-8,11-14,21-24H2,1-6H3/b20-19+. The number of ether oxygens (including phenoxy) is 2. The van der Waals surface area contributed by atoms with Crippen LogP contribution in [0.5, 0.6) is 11.5 Å². The summed E-state index contributed by atoms with van der Waals surface area (Å²) >= 11 is 7.55. The van der Waals surface area contributed by atoms with Crippen molar-refractivity contribution in [1.29, 1.82) is 0 Å². The molecule has 2 nitrogen and oxygen atoms in total. The van der Waals surface area contributed by atoms with Gasteiger partial charge >= 0.3 is 0 Å². The number of hydrogen-bond donors (Lipinski definition) is 0. The van der Waals surface area contributed by atoms with E-state index < -0.39 is 0 Å². The van der Waals surface area contributed by atoms with Crippen LogP contribution in [0.2, 0.25) is 0 Å². The summed E-state index contributed by atoms with van der Waals surface area (Å²) in [6.45, 7) is 15.4. The molecule has 0 saturated heterocycles. The highest BCUT2D eigenvalue weighted by atomic mass is 79.9. The molecule has 38 heavy (non-hydrogen) atoms. The molecule has 212 valence electrons. The Kier molecular flexibility index (Phi) is 15.7. The van der Waals surface area contributed by atoms with Gasteiger partial charge in [-0.15, -0.1) is 0 Å². The van der Waals surface area contributed by atoms with E-state index in [2.05, 4.69) is 110 Å². The minimum Gasteiger partial charge on any atom is -0.492 e. The first-order chi connectivity index (χ1) is 18.2. The fourth-order valence-electron chi connectivity index (χ4n) is 4.49. The van der Waals surface area contributed by atoms with Crippen LogP contribution in [0.1, 0.15) is 104 Å². The third-order valence-corrected chi connectivity index (χ3v) is 8.82. The van der Waals surface area contributed by atoms with Crippen LogP contribution in [-0.4, -0.2) is 13.2 Å². The Labute approximate surface area is 250 Å². The van der Waals surface area contributed by atoms with Crippen molar-refractivity contribution in [1.82, 2.24) is 0 Å². The molecule has 0 saturated carbocycles. The minimum atomic E-state index is 0.690. The summed E-state index contributed by atoms with van der Waals surface area (Å²) in [5.41, 5.74) is 2.20. The van der Waals surface area contributed by atoms with E-state index in [4.69, 9.17) is 9.47 Å². The van der Waals surface area contributed by atoms with Gasteiger partial charge in [0.2, 0.25) is 0 Å². The maximum Gasteiger partial charge on any atom is 0.134 e. The topological polar surface area (TPSA) is 18.5 Å². The fraction of sp³-hybridized carbons (Fsp3) is 0.588. The maximum atomic E-state index is 6.16. The molecule has 0 spiro atoms. The SMILES string of the molecule is CC(C)CCCC(C)CCOc1cccc(/C=C/c2cccc(OCCC(C)CCCC(C)C)c2Br)c1Br. The Morgan fingerprint density at radius 1 is 0.579 bits per heavy atom. The monoisotopic (exact) mass is 648 g/mol. The van der Waals surface area contributed by atoms with Gasteiger partial charge in [0, 0.05) is 0 Å². The Morgan fingerprint density at radius 3 is 1.34 bits per heavy atom. The molecule has 0 aliphatic rings. The average molecular weight is 651 g/mol. The van der Waals surface area contributed by atoms with Crippen LogP contribution in [0, 0.1) is 23.7 Å². The Balaban J connectivity index is 1.89. The molecule has 0 aliphatic heterocycles. The number of hydrogen-bond acceptors (Lipinski definition) is 2. The molecule has 0 fully saturated rings. The summed E-state index contributed by atoms with van der Waals surface area (Å²) < 4.78 is 14.3. The molecule has 2 aromatic carbocycles. The van der Waals surface area contributed by atoms with Gasteiger partial charge in [0.15, 0.2) is 0 Å². The molecule has 2 atom stereocenters. The lowest BCUT2D eigenvalue weighted by atomic mass is 9.98. The predicted octanol–water partition coefficient (Wildman–Crippen LogP) is 11.8. The maximum absolute atomic E-state index is 6.16. The first-order valence-corrected chi connectivity index (χ1v) is 16.3. The van der Waals surface area contributed by atoms with Crippen LogP contribution in [0.3, 0.4) is 0 Å². The minimum absolute atomic E-state index is 0.690. The summed E-state index contributed by atoms with van der Waals surface area (Å²) in [4.78, 5) is 0. The van der Waals surface area contributed by atoms with Crippen molar-refractivity contribution in [3.63, 3.8) is 0 Å². The third-order valence-electron chi connectivity index (χ3n) is 7.12. The van der Waals surface area contributed by atoms with Gasteiger partial charge in [-0.1, -0.05) is 116 Å². The lowest BCUT2D eigenvalue weighted by molar-refractivity contribution is 0.274. The molecule has 2 unspecified atom stereocenters. The second-order valence-electron chi connectivity index (χ2n) is 11.8. The van der Waals surface area contributed by atoms with Crippen LogP contribution in [-0.2, 0) is 0 Å². The van der Waals surface area contributed by atoms with Gasteiger partial charge in [0.25, 0.3) is 0 Å². The Morgan fingerprint density at radius 2 is 0.974 bits per heavy atom. The molecule has 2 rings (SSSR count). The predicted molar refractivity (Wildman–Crippen MR) is 173 cm³/mol. The summed E-state index contributed by atoms with van der Waals surface area (Å²) in [6, 6.07) is 12.4. The third kappa shape index (κ3) is 12.7. The Hall–Kier alpha value is -1.26. The summed E-state index contributed by atoms with van der Waals surface area (Å²) in [6.07, 6.45) is 14.2.